The van der Waals surface area contributed by atoms with E-state index < -0.39 is 5.91 Å². The van der Waals surface area contributed by atoms with E-state index in [1.54, 1.807) is 13.2 Å². The summed E-state index contributed by atoms with van der Waals surface area (Å²) in [4.78, 5) is 44.5. The highest BCUT2D eigenvalue weighted by Crippen LogP contribution is 2.32. The van der Waals surface area contributed by atoms with Gasteiger partial charge in [-0.15, -0.1) is 0 Å². The lowest BCUT2D eigenvalue weighted by Gasteiger charge is -2.28. The number of hydrogen-bond acceptors (Lipinski definition) is 5. The monoisotopic (exact) mass is 533 g/mol. The molecule has 2 aromatic heterocycles. The van der Waals surface area contributed by atoms with Gasteiger partial charge in [-0.3, -0.25) is 18.7 Å². The van der Waals surface area contributed by atoms with Gasteiger partial charge in [0.25, 0.3) is 5.56 Å². The van der Waals surface area contributed by atoms with Gasteiger partial charge in [-0.1, -0.05) is 62.8 Å². The average Bonchev–Trinajstić information content (AvgIpc) is 3.29. The number of primary amides is 1. The number of carbonyl (C=O) groups is 1. The third kappa shape index (κ3) is 5.37. The van der Waals surface area contributed by atoms with Crippen LogP contribution in [0.15, 0.2) is 39.4 Å². The van der Waals surface area contributed by atoms with Gasteiger partial charge in [0, 0.05) is 43.8 Å². The number of methoxy groups -OCH3 is 1. The molecule has 0 bridgehead atoms. The Balaban J connectivity index is 1.62. The van der Waals surface area contributed by atoms with Gasteiger partial charge < -0.3 is 15.0 Å². The lowest BCUT2D eigenvalue weighted by molar-refractivity contribution is -0.114. The van der Waals surface area contributed by atoms with Gasteiger partial charge >= 0.3 is 5.69 Å². The number of fused-ring (bicyclic) bond motifs is 1. The molecule has 2 aliphatic rings. The van der Waals surface area contributed by atoms with E-state index in [4.69, 9.17) is 15.5 Å². The van der Waals surface area contributed by atoms with Crippen LogP contribution in [0, 0.1) is 0 Å². The Morgan fingerprint density at radius 1 is 0.974 bits per heavy atom. The van der Waals surface area contributed by atoms with Crippen LogP contribution in [0.5, 0.6) is 0 Å². The zero-order chi connectivity index (χ0) is 27.5. The number of rotatable bonds is 8. The second-order valence-electron chi connectivity index (χ2n) is 11.0. The van der Waals surface area contributed by atoms with Gasteiger partial charge in [0.05, 0.1) is 6.61 Å². The second-order valence-corrected chi connectivity index (χ2v) is 11.0. The van der Waals surface area contributed by atoms with Gasteiger partial charge in [0.2, 0.25) is 5.91 Å². The number of nitrogens with zero attached hydrogens (tertiary/aromatic N) is 4. The first-order valence-electron chi connectivity index (χ1n) is 14.2. The van der Waals surface area contributed by atoms with Crippen molar-refractivity contribution in [1.82, 2.24) is 18.7 Å². The molecule has 0 saturated heterocycles. The molecule has 0 unspecified atom stereocenters. The van der Waals surface area contributed by atoms with E-state index in [0.29, 0.717) is 35.6 Å². The summed E-state index contributed by atoms with van der Waals surface area (Å²) in [5.74, 6) is 0.166. The van der Waals surface area contributed by atoms with Gasteiger partial charge in [-0.25, -0.2) is 9.78 Å². The van der Waals surface area contributed by atoms with E-state index in [1.807, 2.05) is 40.4 Å². The van der Waals surface area contributed by atoms with Crippen molar-refractivity contribution in [3.63, 3.8) is 0 Å². The molecule has 2 aliphatic carbocycles. The van der Waals surface area contributed by atoms with Crippen molar-refractivity contribution < 1.29 is 9.53 Å². The molecule has 0 aliphatic heterocycles. The second kappa shape index (κ2) is 11.7. The summed E-state index contributed by atoms with van der Waals surface area (Å²) in [6.45, 7) is 0.411. The lowest BCUT2D eigenvalue weighted by Crippen LogP contribution is -2.44. The average molecular weight is 534 g/mol. The Bertz CT molecular complexity index is 1480. The molecule has 2 N–H and O–H groups in total. The van der Waals surface area contributed by atoms with Crippen LogP contribution in [-0.2, 0) is 16.6 Å². The van der Waals surface area contributed by atoms with Crippen molar-refractivity contribution in [3.05, 3.63) is 56.2 Å². The Labute approximate surface area is 228 Å². The van der Waals surface area contributed by atoms with E-state index in [0.717, 1.165) is 68.9 Å². The van der Waals surface area contributed by atoms with E-state index in [9.17, 15) is 14.4 Å². The van der Waals surface area contributed by atoms with Crippen molar-refractivity contribution in [2.45, 2.75) is 82.7 Å². The first-order chi connectivity index (χ1) is 18.9. The van der Waals surface area contributed by atoms with Crippen LogP contribution in [-0.4, -0.2) is 38.3 Å². The van der Waals surface area contributed by atoms with E-state index in [1.165, 1.54) is 11.0 Å². The first-order valence-corrected chi connectivity index (χ1v) is 14.2. The van der Waals surface area contributed by atoms with Crippen LogP contribution in [0.4, 0.5) is 0 Å². The third-order valence-electron chi connectivity index (χ3n) is 8.41. The maximum absolute atomic E-state index is 14.0. The minimum atomic E-state index is -0.471. The smallest absolute Gasteiger partial charge is 0.333 e. The van der Waals surface area contributed by atoms with Crippen molar-refractivity contribution in [2.24, 2.45) is 12.8 Å². The minimum Gasteiger partial charge on any atom is -0.384 e. The van der Waals surface area contributed by atoms with E-state index >= 15 is 0 Å². The summed E-state index contributed by atoms with van der Waals surface area (Å²) in [5, 5.41) is 0. The number of imidazole rings is 1. The topological polar surface area (TPSA) is 114 Å². The summed E-state index contributed by atoms with van der Waals surface area (Å²) < 4.78 is 10.4. The van der Waals surface area contributed by atoms with Crippen LogP contribution in [0.2, 0.25) is 0 Å². The number of benzene rings is 1. The van der Waals surface area contributed by atoms with E-state index in [-0.39, 0.29) is 23.3 Å². The maximum atomic E-state index is 14.0. The fourth-order valence-corrected chi connectivity index (χ4v) is 6.31. The Morgan fingerprint density at radius 2 is 1.56 bits per heavy atom. The van der Waals surface area contributed by atoms with Crippen LogP contribution < -0.4 is 17.0 Å². The summed E-state index contributed by atoms with van der Waals surface area (Å²) in [5.41, 5.74) is 8.21. The number of nitrogens with two attached hydrogens (primary N) is 1. The number of amides is 1. The molecule has 9 heteroatoms. The number of ether oxygens (including phenoxy) is 1. The van der Waals surface area contributed by atoms with Crippen LogP contribution in [0.3, 0.4) is 0 Å². The van der Waals surface area contributed by atoms with Crippen molar-refractivity contribution in [2.75, 3.05) is 13.7 Å². The van der Waals surface area contributed by atoms with Gasteiger partial charge in [-0.2, -0.15) is 0 Å². The molecule has 9 nitrogen and oxygen atoms in total. The molecule has 1 amide bonds. The molecule has 0 radical (unpaired) electrons. The molecule has 208 valence electrons. The van der Waals surface area contributed by atoms with E-state index in [2.05, 4.69) is 0 Å². The highest BCUT2D eigenvalue weighted by Gasteiger charge is 2.29. The Morgan fingerprint density at radius 3 is 2.13 bits per heavy atom. The van der Waals surface area contributed by atoms with Gasteiger partial charge in [-0.05, 0) is 37.3 Å². The van der Waals surface area contributed by atoms with Gasteiger partial charge in [0.15, 0.2) is 11.2 Å². The summed E-state index contributed by atoms with van der Waals surface area (Å²) in [6, 6.07) is 7.65. The fourth-order valence-electron chi connectivity index (χ4n) is 6.31. The molecule has 3 aromatic rings. The van der Waals surface area contributed by atoms with Crippen molar-refractivity contribution >= 4 is 23.1 Å². The molecule has 39 heavy (non-hydrogen) atoms. The number of aromatic nitrogens is 4. The fraction of sp³-hybridized carbons (Fsp3) is 0.533. The minimum absolute atomic E-state index is 0.0629. The quantitative estimate of drug-likeness (QED) is 0.429. The van der Waals surface area contributed by atoms with Crippen molar-refractivity contribution in [1.29, 1.82) is 0 Å². The molecule has 1 aromatic carbocycles. The molecule has 5 rings (SSSR count). The standard InChI is InChI=1S/C30H39N5O4/c1-33-27(21-15-13-20(14-16-21)19-22(26(31)36)17-18-39-2)32-25-28(33)34(23-9-5-3-6-10-23)30(38)35(29(25)37)24-11-7-4-8-12-24/h13-16,19,23-24H,3-12,17-18H2,1-2H3,(H2,31,36)/b22-19+. The molecule has 2 saturated carbocycles. The lowest BCUT2D eigenvalue weighted by atomic mass is 9.94. The molecule has 0 spiro atoms. The maximum Gasteiger partial charge on any atom is 0.333 e. The number of hydrogen-bond donors (Lipinski definition) is 1. The Kier molecular flexibility index (Phi) is 8.16. The highest BCUT2D eigenvalue weighted by molar-refractivity contribution is 5.96. The molecule has 2 fully saturated rings. The third-order valence-corrected chi connectivity index (χ3v) is 8.41. The first kappa shape index (κ1) is 27.1. The molecular weight excluding hydrogens is 494 g/mol. The molecular formula is C30H39N5O4. The number of aryl methyl sites for hydroxylation is 1. The predicted molar refractivity (Wildman–Crippen MR) is 153 cm³/mol. The molecule has 0 atom stereocenters. The van der Waals surface area contributed by atoms with Crippen LogP contribution in [0.1, 0.15) is 88.3 Å². The normalized spacial score (nSPS) is 17.6. The zero-order valence-corrected chi connectivity index (χ0v) is 23.0. The van der Waals surface area contributed by atoms with Gasteiger partial charge in [0.1, 0.15) is 5.82 Å². The zero-order valence-electron chi connectivity index (χ0n) is 23.0. The molecule has 2 heterocycles. The highest BCUT2D eigenvalue weighted by atomic mass is 16.5. The summed E-state index contributed by atoms with van der Waals surface area (Å²) in [7, 11) is 3.47. The number of carbonyl (C=O) groups excluding carboxylic acids is 1. The van der Waals surface area contributed by atoms with Crippen molar-refractivity contribution in [3.8, 4) is 11.4 Å². The predicted octanol–water partition coefficient (Wildman–Crippen LogP) is 4.48. The Hall–Kier alpha value is -3.46. The summed E-state index contributed by atoms with van der Waals surface area (Å²) in [6.07, 6.45) is 12.4. The SMILES string of the molecule is COCC/C(=C\c1ccc(-c2nc3c(=O)n(C4CCCCC4)c(=O)n(C4CCCCC4)c3n2C)cc1)C(N)=O. The van der Waals surface area contributed by atoms with Crippen LogP contribution in [0.25, 0.3) is 28.6 Å². The largest absolute Gasteiger partial charge is 0.384 e. The summed E-state index contributed by atoms with van der Waals surface area (Å²) >= 11 is 0. The van der Waals surface area contributed by atoms with Crippen LogP contribution >= 0.6 is 0 Å².